The van der Waals surface area contributed by atoms with Crippen molar-refractivity contribution in [1.82, 2.24) is 4.83 Å². The van der Waals surface area contributed by atoms with E-state index < -0.39 is 10.0 Å². The summed E-state index contributed by atoms with van der Waals surface area (Å²) in [5.74, 6) is 0.728. The van der Waals surface area contributed by atoms with Crippen LogP contribution in [0.1, 0.15) is 18.9 Å². The molecule has 0 unspecified atom stereocenters. The number of benzene rings is 2. The van der Waals surface area contributed by atoms with Crippen molar-refractivity contribution in [2.24, 2.45) is 5.10 Å². The average Bonchev–Trinajstić information content (AvgIpc) is 2.56. The summed E-state index contributed by atoms with van der Waals surface area (Å²) in [5, 5.41) is 4.52. The lowest BCUT2D eigenvalue weighted by Gasteiger charge is -2.08. The number of methoxy groups -OCH3 is 1. The summed E-state index contributed by atoms with van der Waals surface area (Å²) in [6.45, 7) is 1.90. The van der Waals surface area contributed by atoms with Crippen molar-refractivity contribution in [2.45, 2.75) is 18.2 Å². The van der Waals surface area contributed by atoms with E-state index in [0.717, 1.165) is 11.3 Å². The van der Waals surface area contributed by atoms with E-state index in [2.05, 4.69) is 9.93 Å². The van der Waals surface area contributed by atoms with Gasteiger partial charge in [-0.05, 0) is 60.5 Å². The molecule has 1 N–H and O–H groups in total. The van der Waals surface area contributed by atoms with E-state index >= 15 is 0 Å². The first kappa shape index (κ1) is 17.3. The number of hydrazone groups is 1. The van der Waals surface area contributed by atoms with E-state index in [1.165, 1.54) is 24.3 Å². The van der Waals surface area contributed by atoms with Gasteiger partial charge in [-0.3, -0.25) is 0 Å². The largest absolute Gasteiger partial charge is 0.497 e. The highest BCUT2D eigenvalue weighted by molar-refractivity contribution is 7.89. The molecule has 23 heavy (non-hydrogen) atoms. The van der Waals surface area contributed by atoms with Crippen LogP contribution in [0.2, 0.25) is 5.02 Å². The first-order chi connectivity index (χ1) is 11.0. The Bertz CT molecular complexity index is 785. The normalized spacial score (nSPS) is 12.0. The quantitative estimate of drug-likeness (QED) is 0.639. The second-order valence-corrected chi connectivity index (χ2v) is 6.79. The molecule has 0 saturated heterocycles. The number of nitrogens with zero attached hydrogens (tertiary/aromatic N) is 1. The molecule has 0 aliphatic carbocycles. The van der Waals surface area contributed by atoms with E-state index in [1.54, 1.807) is 19.2 Å². The Labute approximate surface area is 141 Å². The van der Waals surface area contributed by atoms with E-state index in [4.69, 9.17) is 16.3 Å². The van der Waals surface area contributed by atoms with Crippen LogP contribution in [0.4, 0.5) is 0 Å². The van der Waals surface area contributed by atoms with Gasteiger partial charge < -0.3 is 4.74 Å². The third-order valence-electron chi connectivity index (χ3n) is 3.18. The van der Waals surface area contributed by atoms with Crippen molar-refractivity contribution in [1.29, 1.82) is 0 Å². The van der Waals surface area contributed by atoms with Crippen LogP contribution >= 0.6 is 11.6 Å². The van der Waals surface area contributed by atoms with Crippen molar-refractivity contribution in [3.63, 3.8) is 0 Å². The van der Waals surface area contributed by atoms with Gasteiger partial charge >= 0.3 is 0 Å². The molecule has 5 nitrogen and oxygen atoms in total. The molecule has 0 fully saturated rings. The minimum Gasteiger partial charge on any atom is -0.497 e. The molecule has 0 heterocycles. The molecule has 0 saturated carbocycles. The molecular formula is C16H17ClN2O3S. The van der Waals surface area contributed by atoms with Gasteiger partial charge in [-0.2, -0.15) is 18.4 Å². The topological polar surface area (TPSA) is 67.8 Å². The summed E-state index contributed by atoms with van der Waals surface area (Å²) >= 11 is 5.76. The lowest BCUT2D eigenvalue weighted by atomic mass is 10.1. The van der Waals surface area contributed by atoms with Crippen molar-refractivity contribution < 1.29 is 13.2 Å². The Morgan fingerprint density at radius 2 is 1.74 bits per heavy atom. The van der Waals surface area contributed by atoms with Gasteiger partial charge in [0.1, 0.15) is 5.75 Å². The highest BCUT2D eigenvalue weighted by Gasteiger charge is 2.13. The van der Waals surface area contributed by atoms with Gasteiger partial charge in [0.25, 0.3) is 10.0 Å². The fourth-order valence-electron chi connectivity index (χ4n) is 1.91. The molecule has 0 aromatic heterocycles. The number of hydrogen-bond donors (Lipinski definition) is 1. The minimum atomic E-state index is -3.72. The van der Waals surface area contributed by atoms with Crippen LogP contribution in [0.5, 0.6) is 5.75 Å². The number of sulfonamides is 1. The number of hydrogen-bond acceptors (Lipinski definition) is 4. The van der Waals surface area contributed by atoms with E-state index in [0.29, 0.717) is 17.2 Å². The second-order valence-electron chi connectivity index (χ2n) is 4.69. The predicted octanol–water partition coefficient (Wildman–Crippen LogP) is 3.44. The van der Waals surface area contributed by atoms with Crippen molar-refractivity contribution in [3.8, 4) is 5.75 Å². The van der Waals surface area contributed by atoms with E-state index in [-0.39, 0.29) is 4.90 Å². The second kappa shape index (κ2) is 7.48. The zero-order valence-electron chi connectivity index (χ0n) is 12.8. The molecule has 0 spiro atoms. The summed E-state index contributed by atoms with van der Waals surface area (Å²) in [6, 6.07) is 13.2. The van der Waals surface area contributed by atoms with Gasteiger partial charge in [0.05, 0.1) is 17.7 Å². The number of rotatable bonds is 6. The Hall–Kier alpha value is -2.05. The van der Waals surface area contributed by atoms with Crippen LogP contribution in [0.25, 0.3) is 0 Å². The number of ether oxygens (including phenoxy) is 1. The van der Waals surface area contributed by atoms with Crippen LogP contribution in [0.3, 0.4) is 0 Å². The maximum absolute atomic E-state index is 12.2. The number of halogens is 1. The monoisotopic (exact) mass is 352 g/mol. The van der Waals surface area contributed by atoms with E-state index in [9.17, 15) is 8.42 Å². The summed E-state index contributed by atoms with van der Waals surface area (Å²) in [6.07, 6.45) is 0.579. The van der Waals surface area contributed by atoms with Crippen molar-refractivity contribution >= 4 is 27.3 Å². The lowest BCUT2D eigenvalue weighted by molar-refractivity contribution is 0.415. The molecule has 0 aliphatic rings. The molecule has 0 bridgehead atoms. The Morgan fingerprint density at radius 1 is 1.13 bits per heavy atom. The minimum absolute atomic E-state index is 0.107. The number of nitrogens with one attached hydrogen (secondary N) is 1. The van der Waals surface area contributed by atoms with Crippen LogP contribution in [0, 0.1) is 0 Å². The van der Waals surface area contributed by atoms with Gasteiger partial charge in [-0.25, -0.2) is 0 Å². The van der Waals surface area contributed by atoms with Crippen LogP contribution in [0.15, 0.2) is 58.5 Å². The Kier molecular flexibility index (Phi) is 5.63. The standard InChI is InChI=1S/C16H17ClN2O3S/c1-3-16(12-4-8-14(22-2)9-5-12)18-19-23(20,21)15-10-6-13(17)7-11-15/h4-11,19H,3H2,1-2H3. The molecule has 0 aliphatic heterocycles. The van der Waals surface area contributed by atoms with Gasteiger partial charge in [0.15, 0.2) is 0 Å². The third kappa shape index (κ3) is 4.46. The summed E-state index contributed by atoms with van der Waals surface area (Å²) in [7, 11) is -2.14. The first-order valence-corrected chi connectivity index (χ1v) is 8.80. The summed E-state index contributed by atoms with van der Waals surface area (Å²) in [4.78, 5) is 2.37. The van der Waals surface area contributed by atoms with Crippen molar-refractivity contribution in [3.05, 3.63) is 59.1 Å². The fraction of sp³-hybridized carbons (Fsp3) is 0.188. The lowest BCUT2D eigenvalue weighted by Crippen LogP contribution is -2.20. The van der Waals surface area contributed by atoms with Crippen LogP contribution in [-0.2, 0) is 10.0 Å². The first-order valence-electron chi connectivity index (χ1n) is 6.94. The zero-order valence-corrected chi connectivity index (χ0v) is 14.4. The molecule has 2 aromatic rings. The summed E-state index contributed by atoms with van der Waals surface area (Å²) in [5.41, 5.74) is 1.46. The average molecular weight is 353 g/mol. The predicted molar refractivity (Wildman–Crippen MR) is 91.6 cm³/mol. The maximum atomic E-state index is 12.2. The maximum Gasteiger partial charge on any atom is 0.276 e. The Morgan fingerprint density at radius 3 is 2.26 bits per heavy atom. The van der Waals surface area contributed by atoms with Gasteiger partial charge in [-0.15, -0.1) is 0 Å². The smallest absolute Gasteiger partial charge is 0.276 e. The zero-order chi connectivity index (χ0) is 16.9. The SMILES string of the molecule is CCC(=NNS(=O)(=O)c1ccc(Cl)cc1)c1ccc(OC)cc1. The van der Waals surface area contributed by atoms with Gasteiger partial charge in [0, 0.05) is 5.02 Å². The highest BCUT2D eigenvalue weighted by atomic mass is 35.5. The van der Waals surface area contributed by atoms with Crippen molar-refractivity contribution in [2.75, 3.05) is 7.11 Å². The molecule has 0 atom stereocenters. The van der Waals surface area contributed by atoms with Gasteiger partial charge in [0.2, 0.25) is 0 Å². The van der Waals surface area contributed by atoms with Crippen LogP contribution < -0.4 is 9.57 Å². The molecule has 0 radical (unpaired) electrons. The van der Waals surface area contributed by atoms with Gasteiger partial charge in [-0.1, -0.05) is 18.5 Å². The molecule has 2 aromatic carbocycles. The molecule has 7 heteroatoms. The Balaban J connectivity index is 2.22. The summed E-state index contributed by atoms with van der Waals surface area (Å²) < 4.78 is 29.5. The van der Waals surface area contributed by atoms with Crippen LogP contribution in [-0.4, -0.2) is 21.2 Å². The molecule has 122 valence electrons. The molecule has 2 rings (SSSR count). The fourth-order valence-corrected chi connectivity index (χ4v) is 2.87. The van der Waals surface area contributed by atoms with E-state index in [1.807, 2.05) is 19.1 Å². The molecule has 0 amide bonds. The third-order valence-corrected chi connectivity index (χ3v) is 4.66. The molecular weight excluding hydrogens is 336 g/mol. The highest BCUT2D eigenvalue weighted by Crippen LogP contribution is 2.15.